The Balaban J connectivity index is 1.64. The van der Waals surface area contributed by atoms with Crippen LogP contribution >= 0.6 is 11.8 Å². The van der Waals surface area contributed by atoms with Crippen LogP contribution in [0.5, 0.6) is 0 Å². The van der Waals surface area contributed by atoms with Crippen molar-refractivity contribution in [2.45, 2.75) is 42.8 Å². The Labute approximate surface area is 205 Å². The molecule has 0 unspecified atom stereocenters. The maximum Gasteiger partial charge on any atom is 0.135 e. The zero-order valence-corrected chi connectivity index (χ0v) is 20.5. The van der Waals surface area contributed by atoms with Gasteiger partial charge in [-0.1, -0.05) is 72.4 Å². The molecule has 3 aromatic rings. The molecule has 5 rings (SSSR count). The summed E-state index contributed by atoms with van der Waals surface area (Å²) in [7, 11) is 0. The summed E-state index contributed by atoms with van der Waals surface area (Å²) in [5, 5.41) is 11.1. The first-order chi connectivity index (χ1) is 16.6. The maximum atomic E-state index is 10.3. The molecular weight excluding hydrogens is 442 g/mol. The van der Waals surface area contributed by atoms with Gasteiger partial charge in [-0.2, -0.15) is 5.26 Å². The Hall–Kier alpha value is -2.85. The van der Waals surface area contributed by atoms with E-state index in [2.05, 4.69) is 73.3 Å². The van der Waals surface area contributed by atoms with Crippen molar-refractivity contribution >= 4 is 17.6 Å². The van der Waals surface area contributed by atoms with Gasteiger partial charge in [0, 0.05) is 25.1 Å². The second-order valence-electron chi connectivity index (χ2n) is 9.33. The van der Waals surface area contributed by atoms with Crippen molar-refractivity contribution in [1.82, 2.24) is 4.98 Å². The molecule has 0 radical (unpaired) electrons. The smallest absolute Gasteiger partial charge is 0.135 e. The van der Waals surface area contributed by atoms with Gasteiger partial charge in [0.2, 0.25) is 0 Å². The number of benzene rings is 2. The van der Waals surface area contributed by atoms with Crippen LogP contribution in [0.15, 0.2) is 65.7 Å². The molecule has 1 fully saturated rings. The van der Waals surface area contributed by atoms with Crippen LogP contribution in [0.25, 0.3) is 0 Å². The monoisotopic (exact) mass is 471 g/mol. The molecule has 0 bridgehead atoms. The summed E-state index contributed by atoms with van der Waals surface area (Å²) in [4.78, 5) is 7.44. The summed E-state index contributed by atoms with van der Waals surface area (Å²) in [6.07, 6.45) is 0.694. The highest BCUT2D eigenvalue weighted by molar-refractivity contribution is 7.99. The van der Waals surface area contributed by atoms with Crippen molar-refractivity contribution in [2.24, 2.45) is 0 Å². The van der Waals surface area contributed by atoms with Crippen LogP contribution in [0.4, 0.5) is 5.82 Å². The van der Waals surface area contributed by atoms with Gasteiger partial charge in [0.25, 0.3) is 0 Å². The highest BCUT2D eigenvalue weighted by Gasteiger charge is 2.34. The first-order valence-corrected chi connectivity index (χ1v) is 12.6. The molecule has 0 amide bonds. The third-order valence-corrected chi connectivity index (χ3v) is 7.72. The SMILES string of the molecule is CC1(C)Cc2c(C#N)c(SC(c3ccccc3)c3ccccc3)nc(N3CCOCC3)c2CO1. The predicted octanol–water partition coefficient (Wildman–Crippen LogP) is 5.52. The molecule has 0 aliphatic carbocycles. The summed E-state index contributed by atoms with van der Waals surface area (Å²) in [5.41, 5.74) is 4.89. The molecule has 0 N–H and O–H groups in total. The average molecular weight is 472 g/mol. The lowest BCUT2D eigenvalue weighted by Gasteiger charge is -2.37. The van der Waals surface area contributed by atoms with Gasteiger partial charge in [-0.15, -0.1) is 0 Å². The van der Waals surface area contributed by atoms with Crippen LogP contribution in [0.1, 0.15) is 46.9 Å². The van der Waals surface area contributed by atoms with E-state index in [9.17, 15) is 5.26 Å². The lowest BCUT2D eigenvalue weighted by atomic mass is 9.89. The number of anilines is 1. The fourth-order valence-electron chi connectivity index (χ4n) is 4.66. The van der Waals surface area contributed by atoms with E-state index in [1.54, 1.807) is 11.8 Å². The number of thioether (sulfide) groups is 1. The molecule has 3 heterocycles. The van der Waals surface area contributed by atoms with Crippen LogP contribution in [0.3, 0.4) is 0 Å². The van der Waals surface area contributed by atoms with Gasteiger partial charge in [-0.3, -0.25) is 0 Å². The van der Waals surface area contributed by atoms with Crippen molar-refractivity contribution in [1.29, 1.82) is 5.26 Å². The summed E-state index contributed by atoms with van der Waals surface area (Å²) >= 11 is 1.66. The molecule has 1 saturated heterocycles. The average Bonchev–Trinajstić information content (AvgIpc) is 2.87. The van der Waals surface area contributed by atoms with Crippen LogP contribution in [0, 0.1) is 11.3 Å². The van der Waals surface area contributed by atoms with E-state index in [1.807, 2.05) is 12.1 Å². The highest BCUT2D eigenvalue weighted by Crippen LogP contribution is 2.45. The molecule has 1 aromatic heterocycles. The summed E-state index contributed by atoms with van der Waals surface area (Å²) < 4.78 is 11.8. The van der Waals surface area contributed by atoms with E-state index in [0.717, 1.165) is 35.1 Å². The van der Waals surface area contributed by atoms with Crippen molar-refractivity contribution in [3.63, 3.8) is 0 Å². The number of fused-ring (bicyclic) bond motifs is 1. The van der Waals surface area contributed by atoms with Gasteiger partial charge < -0.3 is 14.4 Å². The molecule has 0 atom stereocenters. The van der Waals surface area contributed by atoms with Gasteiger partial charge in [0.15, 0.2) is 0 Å². The van der Waals surface area contributed by atoms with Gasteiger partial charge in [-0.25, -0.2) is 4.98 Å². The summed E-state index contributed by atoms with van der Waals surface area (Å²) in [5.74, 6) is 0.940. The number of nitrogens with zero attached hydrogens (tertiary/aromatic N) is 3. The molecule has 5 nitrogen and oxygen atoms in total. The Morgan fingerprint density at radius 1 is 0.971 bits per heavy atom. The van der Waals surface area contributed by atoms with Crippen LogP contribution in [0.2, 0.25) is 0 Å². The van der Waals surface area contributed by atoms with E-state index >= 15 is 0 Å². The van der Waals surface area contributed by atoms with E-state index in [4.69, 9.17) is 14.5 Å². The molecule has 34 heavy (non-hydrogen) atoms. The Kier molecular flexibility index (Phi) is 6.60. The molecule has 2 aliphatic rings. The minimum absolute atomic E-state index is 0.0328. The van der Waals surface area contributed by atoms with E-state index in [-0.39, 0.29) is 10.9 Å². The molecule has 0 saturated carbocycles. The van der Waals surface area contributed by atoms with Crippen molar-refractivity contribution in [3.8, 4) is 6.07 Å². The number of hydrogen-bond acceptors (Lipinski definition) is 6. The third-order valence-electron chi connectivity index (χ3n) is 6.42. The van der Waals surface area contributed by atoms with Crippen LogP contribution < -0.4 is 4.90 Å². The highest BCUT2D eigenvalue weighted by atomic mass is 32.2. The molecule has 174 valence electrons. The third kappa shape index (κ3) is 4.69. The fraction of sp³-hybridized carbons (Fsp3) is 0.357. The van der Waals surface area contributed by atoms with Gasteiger partial charge in [-0.05, 0) is 30.5 Å². The van der Waals surface area contributed by atoms with E-state index < -0.39 is 0 Å². The van der Waals surface area contributed by atoms with Crippen LogP contribution in [-0.4, -0.2) is 36.9 Å². The minimum atomic E-state index is -0.317. The number of hydrogen-bond donors (Lipinski definition) is 0. The molecule has 2 aliphatic heterocycles. The van der Waals surface area contributed by atoms with E-state index in [1.165, 1.54) is 11.1 Å². The second kappa shape index (κ2) is 9.79. The molecule has 0 spiro atoms. The maximum absolute atomic E-state index is 10.3. The number of aromatic nitrogens is 1. The largest absolute Gasteiger partial charge is 0.378 e. The van der Waals surface area contributed by atoms with Crippen molar-refractivity contribution in [3.05, 3.63) is 88.5 Å². The van der Waals surface area contributed by atoms with Crippen molar-refractivity contribution < 1.29 is 9.47 Å². The number of nitriles is 1. The van der Waals surface area contributed by atoms with Gasteiger partial charge in [0.1, 0.15) is 16.9 Å². The fourth-order valence-corrected chi connectivity index (χ4v) is 5.89. The standard InChI is InChI=1S/C28H29N3O2S/c1-28(2)17-22-23(18-29)27(30-26(24(22)19-33-28)31-13-15-32-16-14-31)34-25(20-9-5-3-6-10-20)21-11-7-4-8-12-21/h3-12,25H,13-17,19H2,1-2H3. The molecular formula is C28H29N3O2S. The quantitative estimate of drug-likeness (QED) is 0.457. The lowest BCUT2D eigenvalue weighted by molar-refractivity contribution is -0.0402. The Morgan fingerprint density at radius 2 is 1.59 bits per heavy atom. The predicted molar refractivity (Wildman–Crippen MR) is 135 cm³/mol. The zero-order chi connectivity index (χ0) is 23.5. The van der Waals surface area contributed by atoms with Crippen molar-refractivity contribution in [2.75, 3.05) is 31.2 Å². The van der Waals surface area contributed by atoms with Gasteiger partial charge in [0.05, 0.1) is 36.2 Å². The topological polar surface area (TPSA) is 58.4 Å². The number of ether oxygens (including phenoxy) is 2. The van der Waals surface area contributed by atoms with Crippen LogP contribution in [-0.2, 0) is 22.5 Å². The van der Waals surface area contributed by atoms with Gasteiger partial charge >= 0.3 is 0 Å². The number of pyridine rings is 1. The summed E-state index contributed by atoms with van der Waals surface area (Å²) in [6, 6.07) is 23.4. The Bertz CT molecular complexity index is 1150. The second-order valence-corrected chi connectivity index (χ2v) is 10.4. The minimum Gasteiger partial charge on any atom is -0.378 e. The molecule has 2 aromatic carbocycles. The summed E-state index contributed by atoms with van der Waals surface area (Å²) in [6.45, 7) is 7.61. The lowest BCUT2D eigenvalue weighted by Crippen LogP contribution is -2.39. The number of morpholine rings is 1. The zero-order valence-electron chi connectivity index (χ0n) is 19.7. The first kappa shape index (κ1) is 22.9. The first-order valence-electron chi connectivity index (χ1n) is 11.7. The Morgan fingerprint density at radius 3 is 2.18 bits per heavy atom. The number of rotatable bonds is 5. The molecule has 6 heteroatoms. The normalized spacial score (nSPS) is 17.3. The van der Waals surface area contributed by atoms with E-state index in [0.29, 0.717) is 31.8 Å².